The van der Waals surface area contributed by atoms with Gasteiger partial charge in [0.15, 0.2) is 5.96 Å². The number of carbonyl (C=O) groups excluding carboxylic acids is 1. The number of hydrogen-bond donors (Lipinski definition) is 3. The molecule has 0 saturated carbocycles. The zero-order valence-electron chi connectivity index (χ0n) is 17.2. The van der Waals surface area contributed by atoms with E-state index >= 15 is 0 Å². The Kier molecular flexibility index (Phi) is 11.8. The Balaban J connectivity index is 0.00000676. The summed E-state index contributed by atoms with van der Waals surface area (Å²) in [6.45, 7) is 9.73. The van der Waals surface area contributed by atoms with Gasteiger partial charge in [-0.25, -0.2) is 12.7 Å². The van der Waals surface area contributed by atoms with Crippen molar-refractivity contribution in [3.05, 3.63) is 0 Å². The van der Waals surface area contributed by atoms with E-state index in [1.807, 2.05) is 27.7 Å². The molecule has 160 valence electrons. The third-order valence-electron chi connectivity index (χ3n) is 4.47. The van der Waals surface area contributed by atoms with Gasteiger partial charge in [0.1, 0.15) is 0 Å². The van der Waals surface area contributed by atoms with Crippen molar-refractivity contribution in [3.8, 4) is 0 Å². The van der Waals surface area contributed by atoms with Crippen LogP contribution < -0.4 is 16.0 Å². The van der Waals surface area contributed by atoms with Crippen LogP contribution in [0.25, 0.3) is 0 Å². The van der Waals surface area contributed by atoms with Crippen LogP contribution in [0.5, 0.6) is 0 Å². The molecule has 1 heterocycles. The number of halogens is 1. The number of piperidine rings is 1. The van der Waals surface area contributed by atoms with Crippen molar-refractivity contribution in [3.63, 3.8) is 0 Å². The number of guanidine groups is 1. The van der Waals surface area contributed by atoms with Gasteiger partial charge < -0.3 is 16.0 Å². The zero-order valence-corrected chi connectivity index (χ0v) is 20.3. The molecule has 1 aliphatic rings. The van der Waals surface area contributed by atoms with Crippen molar-refractivity contribution >= 4 is 45.9 Å². The molecule has 0 bridgehead atoms. The van der Waals surface area contributed by atoms with Crippen LogP contribution >= 0.6 is 24.0 Å². The Labute approximate surface area is 181 Å². The van der Waals surface area contributed by atoms with Crippen molar-refractivity contribution < 1.29 is 13.2 Å². The SMILES string of the molecule is CCCS(=O)(=O)N1CCC(NC(=NCC(C)(C)C(=O)NC)NCC)CC1.I. The van der Waals surface area contributed by atoms with Crippen LogP contribution in [-0.2, 0) is 14.8 Å². The Bertz CT molecular complexity index is 587. The molecule has 0 spiro atoms. The number of amides is 1. The maximum absolute atomic E-state index is 12.2. The first kappa shape index (κ1) is 26.4. The Morgan fingerprint density at radius 1 is 1.22 bits per heavy atom. The van der Waals surface area contributed by atoms with Crippen molar-refractivity contribution in [2.75, 3.05) is 39.0 Å². The van der Waals surface area contributed by atoms with Crippen LogP contribution in [0.4, 0.5) is 0 Å². The topological polar surface area (TPSA) is 103 Å². The van der Waals surface area contributed by atoms with E-state index in [0.717, 1.165) is 19.4 Å². The lowest BCUT2D eigenvalue weighted by molar-refractivity contribution is -0.128. The average Bonchev–Trinajstić information content (AvgIpc) is 2.59. The van der Waals surface area contributed by atoms with Crippen LogP contribution in [0.3, 0.4) is 0 Å². The van der Waals surface area contributed by atoms with Gasteiger partial charge in [0, 0.05) is 32.7 Å². The number of aliphatic imine (C=N–C) groups is 1. The number of carbonyl (C=O) groups is 1. The second kappa shape index (κ2) is 12.1. The van der Waals surface area contributed by atoms with Crippen LogP contribution in [0.2, 0.25) is 0 Å². The van der Waals surface area contributed by atoms with Crippen LogP contribution in [0.15, 0.2) is 4.99 Å². The van der Waals surface area contributed by atoms with E-state index in [4.69, 9.17) is 0 Å². The molecule has 0 atom stereocenters. The molecule has 3 N–H and O–H groups in total. The first-order valence-electron chi connectivity index (χ1n) is 9.41. The van der Waals surface area contributed by atoms with Crippen LogP contribution in [0, 0.1) is 5.41 Å². The van der Waals surface area contributed by atoms with Gasteiger partial charge in [-0.15, -0.1) is 24.0 Å². The minimum absolute atomic E-state index is 0. The summed E-state index contributed by atoms with van der Waals surface area (Å²) in [6, 6.07) is 0.170. The summed E-state index contributed by atoms with van der Waals surface area (Å²) in [5, 5.41) is 9.23. The summed E-state index contributed by atoms with van der Waals surface area (Å²) in [4.78, 5) is 16.4. The van der Waals surface area contributed by atoms with E-state index in [1.165, 1.54) is 0 Å². The minimum Gasteiger partial charge on any atom is -0.359 e. The van der Waals surface area contributed by atoms with Crippen molar-refractivity contribution in [1.82, 2.24) is 20.3 Å². The van der Waals surface area contributed by atoms with Crippen molar-refractivity contribution in [1.29, 1.82) is 0 Å². The van der Waals surface area contributed by atoms with Gasteiger partial charge in [-0.1, -0.05) is 6.92 Å². The van der Waals surface area contributed by atoms with E-state index in [0.29, 0.717) is 32.0 Å². The molecule has 0 aromatic carbocycles. The molecule has 1 saturated heterocycles. The molecular weight excluding hydrogens is 481 g/mol. The third-order valence-corrected chi connectivity index (χ3v) is 6.54. The maximum atomic E-state index is 12.2. The van der Waals surface area contributed by atoms with Crippen molar-refractivity contribution in [2.45, 2.75) is 53.0 Å². The summed E-state index contributed by atoms with van der Waals surface area (Å²) in [5.74, 6) is 0.829. The number of hydrogen-bond acceptors (Lipinski definition) is 4. The fourth-order valence-electron chi connectivity index (χ4n) is 2.87. The number of sulfonamides is 1. The molecule has 1 rings (SSSR count). The minimum atomic E-state index is -3.12. The number of nitrogens with zero attached hydrogens (tertiary/aromatic N) is 2. The van der Waals surface area contributed by atoms with Gasteiger partial charge in [-0.3, -0.25) is 9.79 Å². The first-order chi connectivity index (χ1) is 12.2. The molecule has 0 aliphatic carbocycles. The van der Waals surface area contributed by atoms with E-state index in [2.05, 4.69) is 20.9 Å². The monoisotopic (exact) mass is 517 g/mol. The summed E-state index contributed by atoms with van der Waals surface area (Å²) < 4.78 is 25.9. The molecule has 0 aromatic rings. The molecule has 1 aliphatic heterocycles. The van der Waals surface area contributed by atoms with E-state index in [1.54, 1.807) is 11.4 Å². The summed E-state index contributed by atoms with van der Waals surface area (Å²) >= 11 is 0. The Hall–Kier alpha value is -0.620. The fraction of sp³-hybridized carbons (Fsp3) is 0.882. The second-order valence-electron chi connectivity index (χ2n) is 7.29. The first-order valence-corrected chi connectivity index (χ1v) is 11.0. The summed E-state index contributed by atoms with van der Waals surface area (Å²) in [7, 11) is -1.50. The van der Waals surface area contributed by atoms with Crippen LogP contribution in [0.1, 0.15) is 47.0 Å². The molecule has 27 heavy (non-hydrogen) atoms. The van der Waals surface area contributed by atoms with Gasteiger partial charge in [0.25, 0.3) is 0 Å². The number of nitrogens with one attached hydrogen (secondary N) is 3. The highest BCUT2D eigenvalue weighted by atomic mass is 127. The van der Waals surface area contributed by atoms with Gasteiger partial charge in [-0.2, -0.15) is 0 Å². The highest BCUT2D eigenvalue weighted by Crippen LogP contribution is 2.17. The number of rotatable bonds is 8. The van der Waals surface area contributed by atoms with E-state index in [9.17, 15) is 13.2 Å². The quantitative estimate of drug-likeness (QED) is 0.255. The van der Waals surface area contributed by atoms with E-state index in [-0.39, 0.29) is 41.7 Å². The Morgan fingerprint density at radius 2 is 1.81 bits per heavy atom. The molecule has 0 radical (unpaired) electrons. The zero-order chi connectivity index (χ0) is 19.8. The molecule has 10 heteroatoms. The molecule has 8 nitrogen and oxygen atoms in total. The molecule has 0 aromatic heterocycles. The van der Waals surface area contributed by atoms with E-state index < -0.39 is 15.4 Å². The largest absolute Gasteiger partial charge is 0.359 e. The highest BCUT2D eigenvalue weighted by Gasteiger charge is 2.29. The predicted octanol–water partition coefficient (Wildman–Crippen LogP) is 1.14. The lowest BCUT2D eigenvalue weighted by atomic mass is 9.93. The lowest BCUT2D eigenvalue weighted by Crippen LogP contribution is -2.50. The predicted molar refractivity (Wildman–Crippen MR) is 121 cm³/mol. The average molecular weight is 517 g/mol. The summed E-state index contributed by atoms with van der Waals surface area (Å²) in [6.07, 6.45) is 2.12. The van der Waals surface area contributed by atoms with Crippen LogP contribution in [-0.4, -0.2) is 69.6 Å². The summed E-state index contributed by atoms with van der Waals surface area (Å²) in [5.41, 5.74) is -0.589. The smallest absolute Gasteiger partial charge is 0.227 e. The van der Waals surface area contributed by atoms with Gasteiger partial charge in [0.2, 0.25) is 15.9 Å². The highest BCUT2D eigenvalue weighted by molar-refractivity contribution is 14.0. The fourth-order valence-corrected chi connectivity index (χ4v) is 4.41. The molecule has 0 unspecified atom stereocenters. The normalized spacial score (nSPS) is 17.1. The van der Waals surface area contributed by atoms with Gasteiger partial charge in [-0.05, 0) is 40.0 Å². The molecule has 1 fully saturated rings. The maximum Gasteiger partial charge on any atom is 0.227 e. The molecular formula is C17H36IN5O3S. The van der Waals surface area contributed by atoms with Gasteiger partial charge in [0.05, 0.1) is 17.7 Å². The van der Waals surface area contributed by atoms with Crippen molar-refractivity contribution in [2.24, 2.45) is 10.4 Å². The molecule has 1 amide bonds. The third kappa shape index (κ3) is 8.51. The lowest BCUT2D eigenvalue weighted by Gasteiger charge is -2.32. The van der Waals surface area contributed by atoms with Gasteiger partial charge >= 0.3 is 0 Å². The Morgan fingerprint density at radius 3 is 2.30 bits per heavy atom. The standard InChI is InChI=1S/C17H35N5O3S.HI/c1-6-12-26(24,25)22-10-8-14(9-11-22)21-16(19-7-2)20-13-17(3,4)15(23)18-5;/h14H,6-13H2,1-5H3,(H,18,23)(H2,19,20,21);1H. The second-order valence-corrected chi connectivity index (χ2v) is 9.38.